The summed E-state index contributed by atoms with van der Waals surface area (Å²) in [5, 5.41) is 3.38. The van der Waals surface area contributed by atoms with Gasteiger partial charge in [0.15, 0.2) is 5.13 Å². The minimum Gasteiger partial charge on any atom is -0.302 e. The second kappa shape index (κ2) is 5.94. The summed E-state index contributed by atoms with van der Waals surface area (Å²) in [6.07, 6.45) is 2.58. The maximum atomic E-state index is 12.4. The van der Waals surface area contributed by atoms with Crippen molar-refractivity contribution in [1.29, 1.82) is 0 Å². The largest absolute Gasteiger partial charge is 0.302 e. The van der Waals surface area contributed by atoms with Gasteiger partial charge in [0.1, 0.15) is 0 Å². The number of carbonyl (C=O) groups is 1. The van der Waals surface area contributed by atoms with E-state index in [-0.39, 0.29) is 18.4 Å². The summed E-state index contributed by atoms with van der Waals surface area (Å²) in [7, 11) is -3.25. The zero-order valence-corrected chi connectivity index (χ0v) is 13.8. The predicted octanol–water partition coefficient (Wildman–Crippen LogP) is 1.91. The number of hydrogen-bond donors (Lipinski definition) is 1. The summed E-state index contributed by atoms with van der Waals surface area (Å²) >= 11 is 1.42. The first-order valence-corrected chi connectivity index (χ1v) is 9.71. The van der Waals surface area contributed by atoms with Gasteiger partial charge >= 0.3 is 0 Å². The van der Waals surface area contributed by atoms with Crippen LogP contribution in [0.1, 0.15) is 12.8 Å². The van der Waals surface area contributed by atoms with Gasteiger partial charge < -0.3 is 5.32 Å². The monoisotopic (exact) mass is 339 g/mol. The Balaban J connectivity index is 1.71. The second-order valence-electron chi connectivity index (χ2n) is 5.44. The van der Waals surface area contributed by atoms with Gasteiger partial charge in [0.2, 0.25) is 15.9 Å². The van der Waals surface area contributed by atoms with Crippen LogP contribution in [0.15, 0.2) is 24.3 Å². The van der Waals surface area contributed by atoms with E-state index in [4.69, 9.17) is 0 Å². The number of nitrogens with one attached hydrogen (secondary N) is 1. The molecule has 1 aliphatic rings. The van der Waals surface area contributed by atoms with E-state index in [1.165, 1.54) is 21.9 Å². The average molecular weight is 339 g/mol. The molecule has 1 amide bonds. The Hall–Kier alpha value is -1.51. The lowest BCUT2D eigenvalue weighted by Crippen LogP contribution is -2.43. The van der Waals surface area contributed by atoms with Gasteiger partial charge in [-0.3, -0.25) is 4.79 Å². The molecule has 1 aliphatic heterocycles. The molecule has 118 valence electrons. The molecule has 3 rings (SSSR count). The molecule has 0 unspecified atom stereocenters. The highest BCUT2D eigenvalue weighted by atomic mass is 32.2. The Labute approximate surface area is 133 Å². The fourth-order valence-corrected chi connectivity index (χ4v) is 4.37. The van der Waals surface area contributed by atoms with Crippen LogP contribution in [0.2, 0.25) is 0 Å². The van der Waals surface area contributed by atoms with Gasteiger partial charge in [-0.25, -0.2) is 17.7 Å². The first-order chi connectivity index (χ1) is 10.4. The minimum absolute atomic E-state index is 0.160. The number of hydrogen-bond acceptors (Lipinski definition) is 5. The molecule has 8 heteroatoms. The molecule has 1 aromatic carbocycles. The molecule has 0 saturated carbocycles. The lowest BCUT2D eigenvalue weighted by Gasteiger charge is -2.29. The van der Waals surface area contributed by atoms with Crippen molar-refractivity contribution in [3.05, 3.63) is 24.3 Å². The van der Waals surface area contributed by atoms with Gasteiger partial charge in [0.25, 0.3) is 0 Å². The van der Waals surface area contributed by atoms with Crippen LogP contribution < -0.4 is 5.32 Å². The van der Waals surface area contributed by atoms with Crippen molar-refractivity contribution < 1.29 is 13.2 Å². The van der Waals surface area contributed by atoms with Gasteiger partial charge in [-0.05, 0) is 25.0 Å². The molecule has 1 fully saturated rings. The summed E-state index contributed by atoms with van der Waals surface area (Å²) in [6, 6.07) is 7.68. The van der Waals surface area contributed by atoms with E-state index in [1.54, 1.807) is 0 Å². The van der Waals surface area contributed by atoms with E-state index < -0.39 is 10.0 Å². The topological polar surface area (TPSA) is 79.4 Å². The number of amides is 1. The molecule has 1 aromatic heterocycles. The summed E-state index contributed by atoms with van der Waals surface area (Å²) in [4.78, 5) is 16.7. The van der Waals surface area contributed by atoms with Crippen molar-refractivity contribution in [2.45, 2.75) is 12.8 Å². The lowest BCUT2D eigenvalue weighted by molar-refractivity contribution is -0.120. The van der Waals surface area contributed by atoms with Gasteiger partial charge in [-0.2, -0.15) is 0 Å². The zero-order chi connectivity index (χ0) is 15.7. The van der Waals surface area contributed by atoms with E-state index in [1.807, 2.05) is 24.3 Å². The first kappa shape index (κ1) is 15.4. The van der Waals surface area contributed by atoms with E-state index >= 15 is 0 Å². The van der Waals surface area contributed by atoms with E-state index in [2.05, 4.69) is 10.3 Å². The Morgan fingerprint density at radius 3 is 2.91 bits per heavy atom. The summed E-state index contributed by atoms with van der Waals surface area (Å²) < 4.78 is 25.6. The number of fused-ring (bicyclic) bond motifs is 1. The van der Waals surface area contributed by atoms with Crippen molar-refractivity contribution in [3.63, 3.8) is 0 Å². The van der Waals surface area contributed by atoms with Crippen LogP contribution in [0.5, 0.6) is 0 Å². The van der Waals surface area contributed by atoms with Gasteiger partial charge in [0, 0.05) is 13.1 Å². The maximum Gasteiger partial charge on any atom is 0.230 e. The number of nitrogens with zero attached hydrogens (tertiary/aromatic N) is 2. The molecule has 0 aliphatic carbocycles. The first-order valence-electron chi connectivity index (χ1n) is 7.05. The standard InChI is InChI=1S/C14H17N3O3S2/c1-22(19,20)17-8-4-5-10(9-17)13(18)16-14-15-11-6-2-3-7-12(11)21-14/h2-3,6-7,10H,4-5,8-9H2,1H3,(H,15,16,18)/t10-/m1/s1. The van der Waals surface area contributed by atoms with Crippen molar-refractivity contribution in [2.75, 3.05) is 24.7 Å². The predicted molar refractivity (Wildman–Crippen MR) is 87.4 cm³/mol. The molecule has 0 radical (unpaired) electrons. The summed E-state index contributed by atoms with van der Waals surface area (Å²) in [5.41, 5.74) is 0.851. The number of rotatable bonds is 3. The van der Waals surface area contributed by atoms with Crippen LogP contribution in [0, 0.1) is 5.92 Å². The molecule has 22 heavy (non-hydrogen) atoms. The zero-order valence-electron chi connectivity index (χ0n) is 12.2. The quantitative estimate of drug-likeness (QED) is 0.926. The highest BCUT2D eigenvalue weighted by molar-refractivity contribution is 7.88. The number of carbonyl (C=O) groups excluding carboxylic acids is 1. The van der Waals surface area contributed by atoms with Gasteiger partial charge in [-0.15, -0.1) is 0 Å². The molecule has 0 spiro atoms. The maximum absolute atomic E-state index is 12.4. The molecule has 2 heterocycles. The summed E-state index contributed by atoms with van der Waals surface area (Å²) in [6.45, 7) is 0.735. The van der Waals surface area contributed by atoms with Crippen LogP contribution >= 0.6 is 11.3 Å². The Bertz CT molecular complexity index is 768. The van der Waals surface area contributed by atoms with Crippen LogP contribution in [0.4, 0.5) is 5.13 Å². The lowest BCUT2D eigenvalue weighted by atomic mass is 9.99. The second-order valence-corrected chi connectivity index (χ2v) is 8.45. The van der Waals surface area contributed by atoms with Gasteiger partial charge in [-0.1, -0.05) is 23.5 Å². The average Bonchev–Trinajstić information content (AvgIpc) is 2.88. The van der Waals surface area contributed by atoms with Gasteiger partial charge in [0.05, 0.1) is 22.4 Å². The minimum atomic E-state index is -3.25. The molecule has 1 saturated heterocycles. The Morgan fingerprint density at radius 2 is 2.18 bits per heavy atom. The van der Waals surface area contributed by atoms with Crippen molar-refractivity contribution in [2.24, 2.45) is 5.92 Å². The summed E-state index contributed by atoms with van der Waals surface area (Å²) in [5.74, 6) is -0.483. The van der Waals surface area contributed by atoms with Crippen LogP contribution in [-0.2, 0) is 14.8 Å². The molecule has 2 aromatic rings. The fourth-order valence-electron chi connectivity index (χ4n) is 2.59. The highest BCUT2D eigenvalue weighted by Gasteiger charge is 2.30. The van der Waals surface area contributed by atoms with Crippen LogP contribution in [0.3, 0.4) is 0 Å². The van der Waals surface area contributed by atoms with E-state index in [9.17, 15) is 13.2 Å². The number of anilines is 1. The van der Waals surface area contributed by atoms with Crippen molar-refractivity contribution in [3.8, 4) is 0 Å². The SMILES string of the molecule is CS(=O)(=O)N1CCC[C@@H](C(=O)Nc2nc3ccccc3s2)C1. The normalized spacial score (nSPS) is 20.1. The van der Waals surface area contributed by atoms with E-state index in [0.29, 0.717) is 24.5 Å². The number of aromatic nitrogens is 1. The number of thiazole rings is 1. The fraction of sp³-hybridized carbons (Fsp3) is 0.429. The third kappa shape index (κ3) is 3.29. The number of benzene rings is 1. The van der Waals surface area contributed by atoms with Crippen molar-refractivity contribution in [1.82, 2.24) is 9.29 Å². The van der Waals surface area contributed by atoms with E-state index in [0.717, 1.165) is 10.2 Å². The third-order valence-corrected chi connectivity index (χ3v) is 5.97. The molecular weight excluding hydrogens is 322 g/mol. The molecule has 1 N–H and O–H groups in total. The van der Waals surface area contributed by atoms with Crippen molar-refractivity contribution >= 4 is 42.6 Å². The highest BCUT2D eigenvalue weighted by Crippen LogP contribution is 2.27. The smallest absolute Gasteiger partial charge is 0.230 e. The van der Waals surface area contributed by atoms with Crippen LogP contribution in [-0.4, -0.2) is 43.0 Å². The third-order valence-electron chi connectivity index (χ3n) is 3.75. The molecular formula is C14H17N3O3S2. The molecule has 1 atom stereocenters. The number of para-hydroxylation sites is 1. The Kier molecular flexibility index (Phi) is 4.16. The number of piperidine rings is 1. The van der Waals surface area contributed by atoms with Crippen LogP contribution in [0.25, 0.3) is 10.2 Å². The molecule has 6 nitrogen and oxygen atoms in total. The molecule has 0 bridgehead atoms. The number of sulfonamides is 1. The Morgan fingerprint density at radius 1 is 1.41 bits per heavy atom.